The average molecular weight is 454 g/mol. The van der Waals surface area contributed by atoms with Crippen LogP contribution >= 0.6 is 23.2 Å². The van der Waals surface area contributed by atoms with E-state index in [0.29, 0.717) is 12.1 Å². The standard InChI is InChI=1S/C23H17Cl2N3O3/c24-16-9-13(10-17(25)18(16)26)19-22(30)21(29)14-7-4-8-15(20(14)28-19)23(31)27-11-12-5-2-1-3-6-12/h1-10,30H,11,26H2,(H,27,31)(H,28,29). The molecule has 1 aromatic heterocycles. The average Bonchev–Trinajstić information content (AvgIpc) is 2.78. The quantitative estimate of drug-likeness (QED) is 0.335. The van der Waals surface area contributed by atoms with Crippen LogP contribution in [0.3, 0.4) is 0 Å². The number of H-pyrrole nitrogens is 1. The van der Waals surface area contributed by atoms with E-state index >= 15 is 0 Å². The zero-order chi connectivity index (χ0) is 22.1. The third-order valence-electron chi connectivity index (χ3n) is 4.92. The smallest absolute Gasteiger partial charge is 0.253 e. The number of carbonyl (C=O) groups excluding carboxylic acids is 1. The number of rotatable bonds is 4. The van der Waals surface area contributed by atoms with E-state index in [1.807, 2.05) is 30.3 Å². The van der Waals surface area contributed by atoms with Gasteiger partial charge in [0.1, 0.15) is 0 Å². The van der Waals surface area contributed by atoms with E-state index in [1.54, 1.807) is 12.1 Å². The minimum absolute atomic E-state index is 0.0876. The molecule has 0 aliphatic carbocycles. The first-order valence-electron chi connectivity index (χ1n) is 9.32. The molecule has 0 atom stereocenters. The zero-order valence-corrected chi connectivity index (χ0v) is 17.6. The molecule has 0 fully saturated rings. The third kappa shape index (κ3) is 3.95. The first-order chi connectivity index (χ1) is 14.9. The number of nitrogens with one attached hydrogen (secondary N) is 2. The second kappa shape index (κ2) is 8.34. The van der Waals surface area contributed by atoms with Gasteiger partial charge in [0.2, 0.25) is 5.43 Å². The van der Waals surface area contributed by atoms with Crippen molar-refractivity contribution in [3.05, 3.63) is 92.1 Å². The summed E-state index contributed by atoms with van der Waals surface area (Å²) in [6, 6.07) is 17.2. The number of amides is 1. The van der Waals surface area contributed by atoms with E-state index in [0.717, 1.165) is 5.56 Å². The Hall–Kier alpha value is -3.48. The summed E-state index contributed by atoms with van der Waals surface area (Å²) in [6.07, 6.45) is 0. The van der Waals surface area contributed by atoms with Crippen molar-refractivity contribution in [1.29, 1.82) is 0 Å². The maximum atomic E-state index is 12.9. The monoisotopic (exact) mass is 453 g/mol. The van der Waals surface area contributed by atoms with Crippen LogP contribution < -0.4 is 16.5 Å². The molecule has 6 nitrogen and oxygen atoms in total. The Labute approximate surface area is 187 Å². The largest absolute Gasteiger partial charge is 0.503 e. The Morgan fingerprint density at radius 2 is 1.71 bits per heavy atom. The highest BCUT2D eigenvalue weighted by Gasteiger charge is 2.19. The minimum atomic E-state index is -0.620. The molecule has 8 heteroatoms. The molecule has 0 aliphatic heterocycles. The molecule has 5 N–H and O–H groups in total. The molecule has 0 unspecified atom stereocenters. The molecule has 3 aromatic carbocycles. The summed E-state index contributed by atoms with van der Waals surface area (Å²) in [5.41, 5.74) is 7.29. The molecule has 1 amide bonds. The van der Waals surface area contributed by atoms with Crippen LogP contribution in [0.4, 0.5) is 5.69 Å². The first-order valence-corrected chi connectivity index (χ1v) is 10.1. The van der Waals surface area contributed by atoms with Gasteiger partial charge in [-0.3, -0.25) is 9.59 Å². The number of nitrogens with two attached hydrogens (primary N) is 1. The number of aromatic nitrogens is 1. The number of nitrogen functional groups attached to an aromatic ring is 1. The number of para-hydroxylation sites is 1. The van der Waals surface area contributed by atoms with Gasteiger partial charge in [-0.15, -0.1) is 0 Å². The highest BCUT2D eigenvalue weighted by molar-refractivity contribution is 6.39. The van der Waals surface area contributed by atoms with Gasteiger partial charge in [0.25, 0.3) is 5.91 Å². The van der Waals surface area contributed by atoms with Crippen molar-refractivity contribution in [2.24, 2.45) is 0 Å². The summed E-state index contributed by atoms with van der Waals surface area (Å²) in [6.45, 7) is 0.328. The van der Waals surface area contributed by atoms with E-state index in [9.17, 15) is 14.7 Å². The fourth-order valence-electron chi connectivity index (χ4n) is 3.30. The lowest BCUT2D eigenvalue weighted by Crippen LogP contribution is -2.23. The molecule has 0 saturated carbocycles. The summed E-state index contributed by atoms with van der Waals surface area (Å²) in [4.78, 5) is 28.7. The van der Waals surface area contributed by atoms with E-state index in [2.05, 4.69) is 10.3 Å². The first kappa shape index (κ1) is 20.8. The van der Waals surface area contributed by atoms with E-state index in [4.69, 9.17) is 28.9 Å². The topological polar surface area (TPSA) is 108 Å². The molecule has 0 bridgehead atoms. The summed E-state index contributed by atoms with van der Waals surface area (Å²) in [7, 11) is 0. The molecule has 4 aromatic rings. The second-order valence-corrected chi connectivity index (χ2v) is 7.74. The van der Waals surface area contributed by atoms with Gasteiger partial charge >= 0.3 is 0 Å². The van der Waals surface area contributed by atoms with Crippen LogP contribution in [-0.4, -0.2) is 16.0 Å². The van der Waals surface area contributed by atoms with Crippen molar-refractivity contribution in [3.8, 4) is 17.0 Å². The van der Waals surface area contributed by atoms with Crippen LogP contribution in [0.2, 0.25) is 10.0 Å². The molecule has 0 spiro atoms. The number of hydrogen-bond donors (Lipinski definition) is 4. The van der Waals surface area contributed by atoms with Crippen molar-refractivity contribution >= 4 is 45.7 Å². The van der Waals surface area contributed by atoms with Gasteiger partial charge in [-0.05, 0) is 29.8 Å². The molecule has 0 aliphatic rings. The van der Waals surface area contributed by atoms with Crippen molar-refractivity contribution in [2.45, 2.75) is 6.54 Å². The van der Waals surface area contributed by atoms with Gasteiger partial charge in [0.05, 0.1) is 37.9 Å². The highest BCUT2D eigenvalue weighted by Crippen LogP contribution is 2.36. The van der Waals surface area contributed by atoms with Crippen LogP contribution in [0.5, 0.6) is 5.75 Å². The number of anilines is 1. The van der Waals surface area contributed by atoms with Crippen molar-refractivity contribution < 1.29 is 9.90 Å². The molecular weight excluding hydrogens is 437 g/mol. The predicted molar refractivity (Wildman–Crippen MR) is 124 cm³/mol. The van der Waals surface area contributed by atoms with Gasteiger partial charge in [-0.1, -0.05) is 59.6 Å². The highest BCUT2D eigenvalue weighted by atomic mass is 35.5. The molecular formula is C23H17Cl2N3O3. The Morgan fingerprint density at radius 1 is 1.03 bits per heavy atom. The van der Waals surface area contributed by atoms with E-state index < -0.39 is 11.2 Å². The van der Waals surface area contributed by atoms with E-state index in [-0.39, 0.29) is 43.8 Å². The molecule has 31 heavy (non-hydrogen) atoms. The van der Waals surface area contributed by atoms with E-state index in [1.165, 1.54) is 18.2 Å². The van der Waals surface area contributed by atoms with Crippen LogP contribution in [0.1, 0.15) is 15.9 Å². The Morgan fingerprint density at radius 3 is 2.39 bits per heavy atom. The van der Waals surface area contributed by atoms with Gasteiger partial charge < -0.3 is 21.1 Å². The number of aromatic hydroxyl groups is 1. The van der Waals surface area contributed by atoms with Crippen LogP contribution in [-0.2, 0) is 6.54 Å². The zero-order valence-electron chi connectivity index (χ0n) is 16.1. The Balaban J connectivity index is 1.81. The number of halogens is 2. The number of benzene rings is 3. The normalized spacial score (nSPS) is 10.9. The number of hydrogen-bond acceptors (Lipinski definition) is 4. The summed E-state index contributed by atoms with van der Waals surface area (Å²) >= 11 is 12.2. The maximum Gasteiger partial charge on any atom is 0.253 e. The summed E-state index contributed by atoms with van der Waals surface area (Å²) in [5, 5.41) is 13.9. The molecule has 0 saturated heterocycles. The fourth-order valence-corrected chi connectivity index (χ4v) is 3.79. The Bertz CT molecular complexity index is 1350. The SMILES string of the molecule is Nc1c(Cl)cc(-c2[nH]c3c(C(=O)NCc4ccccc4)cccc3c(=O)c2O)cc1Cl. The molecule has 4 rings (SSSR count). The van der Waals surface area contributed by atoms with Gasteiger partial charge in [-0.2, -0.15) is 0 Å². The van der Waals surface area contributed by atoms with Crippen molar-refractivity contribution in [2.75, 3.05) is 5.73 Å². The second-order valence-electron chi connectivity index (χ2n) is 6.93. The fraction of sp³-hybridized carbons (Fsp3) is 0.0435. The molecule has 1 heterocycles. The van der Waals surface area contributed by atoms with Crippen LogP contribution in [0.25, 0.3) is 22.2 Å². The van der Waals surface area contributed by atoms with Gasteiger partial charge in [0.15, 0.2) is 5.75 Å². The van der Waals surface area contributed by atoms with Crippen LogP contribution in [0.15, 0.2) is 65.5 Å². The lowest BCUT2D eigenvalue weighted by atomic mass is 10.0. The van der Waals surface area contributed by atoms with Crippen LogP contribution in [0, 0.1) is 0 Å². The summed E-state index contributed by atoms with van der Waals surface area (Å²) in [5.74, 6) is -0.874. The third-order valence-corrected chi connectivity index (χ3v) is 5.54. The maximum absolute atomic E-state index is 12.9. The molecule has 156 valence electrons. The van der Waals surface area contributed by atoms with Gasteiger partial charge in [-0.25, -0.2) is 0 Å². The van der Waals surface area contributed by atoms with Gasteiger partial charge in [0, 0.05) is 12.1 Å². The number of pyridine rings is 1. The predicted octanol–water partition coefficient (Wildman–Crippen LogP) is 4.72. The number of fused-ring (bicyclic) bond motifs is 1. The lowest BCUT2D eigenvalue weighted by Gasteiger charge is -2.13. The number of aromatic amines is 1. The van der Waals surface area contributed by atoms with Crippen molar-refractivity contribution in [1.82, 2.24) is 10.3 Å². The van der Waals surface area contributed by atoms with Crippen molar-refractivity contribution in [3.63, 3.8) is 0 Å². The number of carbonyl (C=O) groups is 1. The molecule has 0 radical (unpaired) electrons. The Kier molecular flexibility index (Phi) is 5.59. The minimum Gasteiger partial charge on any atom is -0.503 e. The summed E-state index contributed by atoms with van der Waals surface area (Å²) < 4.78 is 0. The lowest BCUT2D eigenvalue weighted by molar-refractivity contribution is 0.0952.